The van der Waals surface area contributed by atoms with E-state index in [0.29, 0.717) is 0 Å². The van der Waals surface area contributed by atoms with Crippen molar-refractivity contribution in [1.29, 1.82) is 0 Å². The smallest absolute Gasteiger partial charge is 0.162 e. The Kier molecular flexibility index (Phi) is 5.59. The van der Waals surface area contributed by atoms with Crippen LogP contribution in [0.3, 0.4) is 0 Å². The largest absolute Gasteiger partial charge is 0.369 e. The van der Waals surface area contributed by atoms with Crippen molar-refractivity contribution in [3.63, 3.8) is 0 Å². The molecule has 1 aromatic heterocycles. The van der Waals surface area contributed by atoms with Crippen LogP contribution in [0, 0.1) is 6.92 Å². The highest BCUT2D eigenvalue weighted by atomic mass is 79.9. The molecule has 0 radical (unpaired) electrons. The van der Waals surface area contributed by atoms with Gasteiger partial charge < -0.3 is 5.32 Å². The summed E-state index contributed by atoms with van der Waals surface area (Å²) in [6, 6.07) is 5.79. The molecule has 5 heteroatoms. The molecule has 0 spiro atoms. The fourth-order valence-corrected chi connectivity index (χ4v) is 2.91. The summed E-state index contributed by atoms with van der Waals surface area (Å²) in [5, 5.41) is 4.08. The molecule has 0 bridgehead atoms. The monoisotopic (exact) mass is 367 g/mol. The normalized spacial score (nSPS) is 10.7. The molecule has 1 aromatic carbocycles. The maximum atomic E-state index is 6.03. The van der Waals surface area contributed by atoms with E-state index in [4.69, 9.17) is 11.6 Å². The number of nitrogens with zero attached hydrogens (tertiary/aromatic N) is 2. The van der Waals surface area contributed by atoms with E-state index in [-0.39, 0.29) is 0 Å². The van der Waals surface area contributed by atoms with Crippen molar-refractivity contribution in [3.05, 3.63) is 39.0 Å². The Balaban J connectivity index is 2.52. The van der Waals surface area contributed by atoms with E-state index in [1.807, 2.05) is 25.1 Å². The first kappa shape index (κ1) is 16.2. The first-order valence-corrected chi connectivity index (χ1v) is 8.30. The van der Waals surface area contributed by atoms with Crippen LogP contribution in [-0.2, 0) is 6.42 Å². The summed E-state index contributed by atoms with van der Waals surface area (Å²) < 4.78 is 0.953. The minimum atomic E-state index is 0.730. The van der Waals surface area contributed by atoms with Gasteiger partial charge in [0, 0.05) is 17.1 Å². The third kappa shape index (κ3) is 3.74. The highest BCUT2D eigenvalue weighted by Gasteiger charge is 2.13. The fraction of sp³-hybridized carbons (Fsp3) is 0.375. The second kappa shape index (κ2) is 7.23. The third-order valence-electron chi connectivity index (χ3n) is 3.23. The lowest BCUT2D eigenvalue weighted by Crippen LogP contribution is -2.07. The second-order valence-electron chi connectivity index (χ2n) is 4.90. The van der Waals surface area contributed by atoms with Gasteiger partial charge in [-0.15, -0.1) is 0 Å². The van der Waals surface area contributed by atoms with Crippen molar-refractivity contribution in [2.45, 2.75) is 33.6 Å². The third-order valence-corrected chi connectivity index (χ3v) is 4.29. The van der Waals surface area contributed by atoms with Crippen LogP contribution in [0.5, 0.6) is 0 Å². The van der Waals surface area contributed by atoms with Crippen LogP contribution < -0.4 is 5.32 Å². The number of benzene rings is 1. The average molecular weight is 369 g/mol. The first-order valence-electron chi connectivity index (χ1n) is 7.13. The molecule has 0 fully saturated rings. The van der Waals surface area contributed by atoms with E-state index in [2.05, 4.69) is 45.1 Å². The Morgan fingerprint density at radius 2 is 2.00 bits per heavy atom. The van der Waals surface area contributed by atoms with E-state index in [1.54, 1.807) is 0 Å². The predicted octanol–water partition coefficient (Wildman–Crippen LogP) is 5.25. The summed E-state index contributed by atoms with van der Waals surface area (Å²) in [6.45, 7) is 7.14. The maximum Gasteiger partial charge on any atom is 0.162 e. The minimum Gasteiger partial charge on any atom is -0.369 e. The van der Waals surface area contributed by atoms with Crippen molar-refractivity contribution in [2.24, 2.45) is 0 Å². The van der Waals surface area contributed by atoms with Gasteiger partial charge in [-0.1, -0.05) is 25.4 Å². The Hall–Kier alpha value is -1.13. The Labute approximate surface area is 139 Å². The molecular formula is C16H19BrClN3. The molecule has 3 nitrogen and oxygen atoms in total. The molecule has 0 atom stereocenters. The van der Waals surface area contributed by atoms with Gasteiger partial charge in [-0.3, -0.25) is 0 Å². The fourth-order valence-electron chi connectivity index (χ4n) is 2.09. The molecule has 1 heterocycles. The zero-order valence-electron chi connectivity index (χ0n) is 12.5. The number of nitrogens with one attached hydrogen (secondary N) is 1. The van der Waals surface area contributed by atoms with E-state index < -0.39 is 0 Å². The lowest BCUT2D eigenvalue weighted by atomic mass is 10.1. The van der Waals surface area contributed by atoms with Crippen LogP contribution in [0.15, 0.2) is 22.7 Å². The molecule has 0 saturated heterocycles. The van der Waals surface area contributed by atoms with Crippen molar-refractivity contribution in [1.82, 2.24) is 9.97 Å². The average Bonchev–Trinajstić information content (AvgIpc) is 2.46. The van der Waals surface area contributed by atoms with Crippen molar-refractivity contribution in [3.8, 4) is 11.4 Å². The van der Waals surface area contributed by atoms with Gasteiger partial charge in [0.25, 0.3) is 0 Å². The highest BCUT2D eigenvalue weighted by molar-refractivity contribution is 9.10. The molecule has 112 valence electrons. The SMILES string of the molecule is CCCNc1nc(-c2ccc(Cl)cc2C)nc(CC)c1Br. The summed E-state index contributed by atoms with van der Waals surface area (Å²) in [5.74, 6) is 1.59. The van der Waals surface area contributed by atoms with Gasteiger partial charge in [-0.05, 0) is 59.5 Å². The molecule has 0 amide bonds. The molecule has 0 saturated carbocycles. The summed E-state index contributed by atoms with van der Waals surface area (Å²) >= 11 is 9.63. The maximum absolute atomic E-state index is 6.03. The van der Waals surface area contributed by atoms with Gasteiger partial charge >= 0.3 is 0 Å². The quantitative estimate of drug-likeness (QED) is 0.783. The highest BCUT2D eigenvalue weighted by Crippen LogP contribution is 2.29. The minimum absolute atomic E-state index is 0.730. The number of rotatable bonds is 5. The number of aryl methyl sites for hydroxylation is 2. The van der Waals surface area contributed by atoms with Gasteiger partial charge in [-0.2, -0.15) is 0 Å². The predicted molar refractivity (Wildman–Crippen MR) is 93.1 cm³/mol. The van der Waals surface area contributed by atoms with Gasteiger partial charge in [-0.25, -0.2) is 9.97 Å². The Morgan fingerprint density at radius 3 is 2.62 bits per heavy atom. The molecule has 0 aliphatic heterocycles. The van der Waals surface area contributed by atoms with E-state index in [1.165, 1.54) is 0 Å². The molecule has 0 aliphatic carbocycles. The van der Waals surface area contributed by atoms with Gasteiger partial charge in [0.15, 0.2) is 5.82 Å². The van der Waals surface area contributed by atoms with Crippen molar-refractivity contribution < 1.29 is 0 Å². The number of hydrogen-bond acceptors (Lipinski definition) is 3. The van der Waals surface area contributed by atoms with Crippen LogP contribution in [0.25, 0.3) is 11.4 Å². The number of halogens is 2. The first-order chi connectivity index (χ1) is 10.1. The van der Waals surface area contributed by atoms with Gasteiger partial charge in [0.2, 0.25) is 0 Å². The number of anilines is 1. The van der Waals surface area contributed by atoms with Crippen LogP contribution in [0.1, 0.15) is 31.5 Å². The van der Waals surface area contributed by atoms with Crippen molar-refractivity contribution in [2.75, 3.05) is 11.9 Å². The van der Waals surface area contributed by atoms with E-state index >= 15 is 0 Å². The number of hydrogen-bond donors (Lipinski definition) is 1. The van der Waals surface area contributed by atoms with Gasteiger partial charge in [0.1, 0.15) is 5.82 Å². The summed E-state index contributed by atoms with van der Waals surface area (Å²) in [5.41, 5.74) is 3.10. The van der Waals surface area contributed by atoms with Crippen molar-refractivity contribution >= 4 is 33.3 Å². The molecule has 0 unspecified atom stereocenters. The lowest BCUT2D eigenvalue weighted by molar-refractivity contribution is 0.943. The molecule has 1 N–H and O–H groups in total. The summed E-state index contributed by atoms with van der Waals surface area (Å²) in [4.78, 5) is 9.35. The molecule has 21 heavy (non-hydrogen) atoms. The van der Waals surface area contributed by atoms with E-state index in [0.717, 1.165) is 57.3 Å². The molecule has 2 rings (SSSR count). The van der Waals surface area contributed by atoms with E-state index in [9.17, 15) is 0 Å². The Bertz CT molecular complexity index is 644. The Morgan fingerprint density at radius 1 is 1.24 bits per heavy atom. The van der Waals surface area contributed by atoms with Crippen LogP contribution in [0.2, 0.25) is 5.02 Å². The van der Waals surface area contributed by atoms with Gasteiger partial charge in [0.05, 0.1) is 10.2 Å². The summed E-state index contributed by atoms with van der Waals surface area (Å²) in [7, 11) is 0. The molecule has 0 aliphatic rings. The lowest BCUT2D eigenvalue weighted by Gasteiger charge is -2.13. The standard InChI is InChI=1S/C16H19BrClN3/c1-4-8-19-16-14(17)13(5-2)20-15(21-16)12-7-6-11(18)9-10(12)3/h6-7,9H,4-5,8H2,1-3H3,(H,19,20,21). The molecule has 2 aromatic rings. The molecular weight excluding hydrogens is 350 g/mol. The second-order valence-corrected chi connectivity index (χ2v) is 6.13. The van der Waals surface area contributed by atoms with Crippen LogP contribution >= 0.6 is 27.5 Å². The number of aromatic nitrogens is 2. The zero-order valence-corrected chi connectivity index (χ0v) is 14.8. The topological polar surface area (TPSA) is 37.8 Å². The van der Waals surface area contributed by atoms with Crippen LogP contribution in [0.4, 0.5) is 5.82 Å². The van der Waals surface area contributed by atoms with Crippen LogP contribution in [-0.4, -0.2) is 16.5 Å². The zero-order chi connectivity index (χ0) is 15.4. The summed E-state index contributed by atoms with van der Waals surface area (Å²) in [6.07, 6.45) is 1.90.